The van der Waals surface area contributed by atoms with E-state index in [1.165, 1.54) is 12.1 Å². The number of nitrogens with zero attached hydrogens (tertiary/aromatic N) is 1. The summed E-state index contributed by atoms with van der Waals surface area (Å²) in [6, 6.07) is 10.1. The Balaban J connectivity index is 2.29. The minimum Gasteiger partial charge on any atom is -0.354 e. The van der Waals surface area contributed by atoms with E-state index < -0.39 is 11.6 Å². The highest BCUT2D eigenvalue weighted by Crippen LogP contribution is 2.26. The predicted octanol–water partition coefficient (Wildman–Crippen LogP) is 4.23. The van der Waals surface area contributed by atoms with Gasteiger partial charge in [0.05, 0.1) is 22.3 Å². The summed E-state index contributed by atoms with van der Waals surface area (Å²) >= 11 is 5.95. The summed E-state index contributed by atoms with van der Waals surface area (Å²) in [7, 11) is 0. The van der Waals surface area contributed by atoms with Gasteiger partial charge in [0.2, 0.25) is 0 Å². The summed E-state index contributed by atoms with van der Waals surface area (Å²) in [6.45, 7) is 0. The lowest BCUT2D eigenvalue weighted by molar-refractivity contribution is 0.509. The maximum absolute atomic E-state index is 13.0. The average Bonchev–Trinajstić information content (AvgIpc) is 2.36. The fourth-order valence-electron chi connectivity index (χ4n) is 1.42. The maximum atomic E-state index is 13.0. The van der Waals surface area contributed by atoms with Crippen LogP contribution in [0.4, 0.5) is 20.2 Å². The third-order valence-electron chi connectivity index (χ3n) is 2.30. The molecule has 0 atom stereocenters. The van der Waals surface area contributed by atoms with E-state index >= 15 is 0 Å². The summed E-state index contributed by atoms with van der Waals surface area (Å²) in [6.07, 6.45) is 0. The lowest BCUT2D eigenvalue weighted by atomic mass is 10.2. The largest absolute Gasteiger partial charge is 0.354 e. The number of hydrogen-bond donors (Lipinski definition) is 1. The summed E-state index contributed by atoms with van der Waals surface area (Å²) in [5, 5.41) is 11.9. The van der Waals surface area contributed by atoms with Crippen molar-refractivity contribution >= 4 is 23.0 Å². The Kier molecular flexibility index (Phi) is 3.45. The normalized spacial score (nSPS) is 9.89. The van der Waals surface area contributed by atoms with Gasteiger partial charge in [-0.05, 0) is 30.3 Å². The van der Waals surface area contributed by atoms with E-state index in [0.717, 1.165) is 12.1 Å². The van der Waals surface area contributed by atoms with Gasteiger partial charge in [0.1, 0.15) is 0 Å². The zero-order chi connectivity index (χ0) is 13.1. The van der Waals surface area contributed by atoms with Crippen molar-refractivity contribution in [1.82, 2.24) is 0 Å². The van der Waals surface area contributed by atoms with Gasteiger partial charge in [-0.2, -0.15) is 5.26 Å². The van der Waals surface area contributed by atoms with E-state index in [1.807, 2.05) is 6.07 Å². The second-order valence-electron chi connectivity index (χ2n) is 3.56. The molecule has 0 amide bonds. The predicted molar refractivity (Wildman–Crippen MR) is 65.8 cm³/mol. The second-order valence-corrected chi connectivity index (χ2v) is 3.97. The summed E-state index contributed by atoms with van der Waals surface area (Å²) in [5.41, 5.74) is 1.32. The van der Waals surface area contributed by atoms with Crippen LogP contribution in [0.1, 0.15) is 5.56 Å². The van der Waals surface area contributed by atoms with Gasteiger partial charge in [0.25, 0.3) is 0 Å². The van der Waals surface area contributed by atoms with Gasteiger partial charge < -0.3 is 5.32 Å². The molecule has 0 aliphatic heterocycles. The molecule has 18 heavy (non-hydrogen) atoms. The number of nitriles is 1. The van der Waals surface area contributed by atoms with Crippen molar-refractivity contribution in [3.63, 3.8) is 0 Å². The molecule has 5 heteroatoms. The highest BCUT2D eigenvalue weighted by Gasteiger charge is 2.05. The molecule has 0 aliphatic carbocycles. The van der Waals surface area contributed by atoms with Crippen molar-refractivity contribution in [3.8, 4) is 6.07 Å². The van der Waals surface area contributed by atoms with Crippen LogP contribution in [0.5, 0.6) is 0 Å². The molecule has 2 aromatic rings. The first kappa shape index (κ1) is 12.3. The van der Waals surface area contributed by atoms with Gasteiger partial charge >= 0.3 is 0 Å². The third-order valence-corrected chi connectivity index (χ3v) is 2.61. The second kappa shape index (κ2) is 5.03. The highest BCUT2D eigenvalue weighted by molar-refractivity contribution is 6.33. The van der Waals surface area contributed by atoms with Crippen molar-refractivity contribution in [1.29, 1.82) is 5.26 Å². The smallest absolute Gasteiger partial charge is 0.160 e. The van der Waals surface area contributed by atoms with Crippen molar-refractivity contribution in [2.24, 2.45) is 0 Å². The molecule has 0 saturated carbocycles. The third kappa shape index (κ3) is 2.58. The van der Waals surface area contributed by atoms with Crippen LogP contribution in [0.2, 0.25) is 5.02 Å². The molecule has 2 aromatic carbocycles. The van der Waals surface area contributed by atoms with E-state index in [2.05, 4.69) is 5.32 Å². The number of rotatable bonds is 2. The number of nitrogens with one attached hydrogen (secondary N) is 1. The zero-order valence-corrected chi connectivity index (χ0v) is 9.80. The Morgan fingerprint density at radius 3 is 2.44 bits per heavy atom. The van der Waals surface area contributed by atoms with Crippen molar-refractivity contribution in [2.75, 3.05) is 5.32 Å². The zero-order valence-electron chi connectivity index (χ0n) is 9.05. The van der Waals surface area contributed by atoms with E-state index in [4.69, 9.17) is 16.9 Å². The molecule has 0 bridgehead atoms. The van der Waals surface area contributed by atoms with Crippen LogP contribution in [-0.2, 0) is 0 Å². The summed E-state index contributed by atoms with van der Waals surface area (Å²) in [4.78, 5) is 0. The molecule has 0 spiro atoms. The van der Waals surface area contributed by atoms with Crippen LogP contribution in [0.3, 0.4) is 0 Å². The summed E-state index contributed by atoms with van der Waals surface area (Å²) < 4.78 is 25.8. The molecule has 2 nitrogen and oxygen atoms in total. The van der Waals surface area contributed by atoms with Gasteiger partial charge in [-0.25, -0.2) is 8.78 Å². The standard InChI is InChI=1S/C13H7ClF2N2/c14-10-5-8(7-17)1-4-13(10)18-9-2-3-11(15)12(16)6-9/h1-6,18H. The molecule has 0 saturated heterocycles. The minimum absolute atomic E-state index is 0.332. The number of anilines is 2. The van der Waals surface area contributed by atoms with E-state index in [9.17, 15) is 8.78 Å². The van der Waals surface area contributed by atoms with E-state index in [1.54, 1.807) is 12.1 Å². The molecular formula is C13H7ClF2N2. The Morgan fingerprint density at radius 2 is 1.83 bits per heavy atom. The van der Waals surface area contributed by atoms with Gasteiger partial charge in [-0.15, -0.1) is 0 Å². The number of halogens is 3. The van der Waals surface area contributed by atoms with Gasteiger partial charge in [0, 0.05) is 11.8 Å². The van der Waals surface area contributed by atoms with Crippen LogP contribution in [-0.4, -0.2) is 0 Å². The Morgan fingerprint density at radius 1 is 1.06 bits per heavy atom. The number of hydrogen-bond acceptors (Lipinski definition) is 2. The highest BCUT2D eigenvalue weighted by atomic mass is 35.5. The first-order valence-corrected chi connectivity index (χ1v) is 5.39. The molecule has 2 rings (SSSR count). The first-order valence-electron chi connectivity index (χ1n) is 5.02. The van der Waals surface area contributed by atoms with Crippen LogP contribution >= 0.6 is 11.6 Å². The minimum atomic E-state index is -0.940. The fourth-order valence-corrected chi connectivity index (χ4v) is 1.64. The maximum Gasteiger partial charge on any atom is 0.160 e. The van der Waals surface area contributed by atoms with Crippen LogP contribution in [0.15, 0.2) is 36.4 Å². The van der Waals surface area contributed by atoms with Crippen LogP contribution in [0, 0.1) is 23.0 Å². The molecule has 0 aliphatic rings. The quantitative estimate of drug-likeness (QED) is 0.881. The molecule has 90 valence electrons. The van der Waals surface area contributed by atoms with Gasteiger partial charge in [0.15, 0.2) is 11.6 Å². The number of benzene rings is 2. The van der Waals surface area contributed by atoms with Gasteiger partial charge in [-0.1, -0.05) is 11.6 Å². The SMILES string of the molecule is N#Cc1ccc(Nc2ccc(F)c(F)c2)c(Cl)c1. The average molecular weight is 265 g/mol. The Bertz CT molecular complexity index is 635. The van der Waals surface area contributed by atoms with Crippen LogP contribution in [0.25, 0.3) is 0 Å². The molecule has 0 aromatic heterocycles. The van der Waals surface area contributed by atoms with E-state index in [-0.39, 0.29) is 0 Å². The summed E-state index contributed by atoms with van der Waals surface area (Å²) in [5.74, 6) is -1.85. The molecular weight excluding hydrogens is 258 g/mol. The molecule has 0 heterocycles. The first-order chi connectivity index (χ1) is 8.60. The lowest BCUT2D eigenvalue weighted by Crippen LogP contribution is -1.93. The molecule has 1 N–H and O–H groups in total. The lowest BCUT2D eigenvalue weighted by Gasteiger charge is -2.08. The van der Waals surface area contributed by atoms with Crippen molar-refractivity contribution < 1.29 is 8.78 Å². The monoisotopic (exact) mass is 264 g/mol. The van der Waals surface area contributed by atoms with Crippen LogP contribution < -0.4 is 5.32 Å². The fraction of sp³-hybridized carbons (Fsp3) is 0. The van der Waals surface area contributed by atoms with Gasteiger partial charge in [-0.3, -0.25) is 0 Å². The molecule has 0 radical (unpaired) electrons. The Labute approximate surface area is 107 Å². The molecule has 0 unspecified atom stereocenters. The molecule has 0 fully saturated rings. The Hall–Kier alpha value is -2.12. The topological polar surface area (TPSA) is 35.8 Å². The van der Waals surface area contributed by atoms with Crippen molar-refractivity contribution in [3.05, 3.63) is 58.6 Å². The van der Waals surface area contributed by atoms with E-state index in [0.29, 0.717) is 22.0 Å². The van der Waals surface area contributed by atoms with Crippen molar-refractivity contribution in [2.45, 2.75) is 0 Å².